The molecule has 156 valence electrons. The lowest BCUT2D eigenvalue weighted by atomic mass is 10.1. The second-order valence-electron chi connectivity index (χ2n) is 7.55. The molecule has 0 spiro atoms. The van der Waals surface area contributed by atoms with Crippen molar-refractivity contribution >= 4 is 39.1 Å². The number of carboxylic acids is 1. The molecule has 0 saturated carbocycles. The van der Waals surface area contributed by atoms with E-state index in [1.807, 2.05) is 12.1 Å². The van der Waals surface area contributed by atoms with Crippen LogP contribution in [0.2, 0.25) is 0 Å². The number of aromatic carboxylic acids is 1. The molecule has 0 saturated heterocycles. The first kappa shape index (κ1) is 18.2. The van der Waals surface area contributed by atoms with Gasteiger partial charge in [-0.25, -0.2) is 9.78 Å². The molecule has 6 aromatic rings. The number of aromatic amines is 2. The van der Waals surface area contributed by atoms with Crippen molar-refractivity contribution in [2.45, 2.75) is 6.92 Å². The van der Waals surface area contributed by atoms with Crippen LogP contribution in [0, 0.1) is 6.92 Å². The van der Waals surface area contributed by atoms with Crippen LogP contribution < -0.4 is 5.43 Å². The van der Waals surface area contributed by atoms with Gasteiger partial charge in [0.25, 0.3) is 0 Å². The SMILES string of the molecule is Cc1c(=O)ccc2c1oc1c(-c3ccc(-c4ccc(C(=O)O)cc4)o3)c3c[nH][nH]c3nc12. The Morgan fingerprint density at radius 3 is 2.50 bits per heavy atom. The van der Waals surface area contributed by atoms with Gasteiger partial charge in [-0.15, -0.1) is 0 Å². The third-order valence-corrected chi connectivity index (χ3v) is 5.68. The highest BCUT2D eigenvalue weighted by atomic mass is 16.4. The fraction of sp³-hybridized carbons (Fsp3) is 0.0417. The van der Waals surface area contributed by atoms with E-state index in [4.69, 9.17) is 18.9 Å². The summed E-state index contributed by atoms with van der Waals surface area (Å²) in [4.78, 5) is 27.9. The van der Waals surface area contributed by atoms with Gasteiger partial charge in [0.15, 0.2) is 16.7 Å². The van der Waals surface area contributed by atoms with Gasteiger partial charge in [-0.1, -0.05) is 12.1 Å². The van der Waals surface area contributed by atoms with Gasteiger partial charge in [-0.2, -0.15) is 0 Å². The lowest BCUT2D eigenvalue weighted by molar-refractivity contribution is 0.0697. The third kappa shape index (κ3) is 2.53. The summed E-state index contributed by atoms with van der Waals surface area (Å²) in [5, 5.41) is 16.6. The fourth-order valence-corrected chi connectivity index (χ4v) is 4.02. The second-order valence-corrected chi connectivity index (χ2v) is 7.55. The molecule has 8 nitrogen and oxygen atoms in total. The molecule has 0 atom stereocenters. The maximum atomic E-state index is 12.1. The molecule has 2 aromatic carbocycles. The first-order valence-corrected chi connectivity index (χ1v) is 9.87. The minimum absolute atomic E-state index is 0.0953. The van der Waals surface area contributed by atoms with Crippen LogP contribution in [0.5, 0.6) is 0 Å². The standard InChI is InChI=1S/C24H15N3O5/c1-11-16(28)7-6-14-20-22(32-21(11)14)19(15-10-25-27-23(15)26-20)18-9-8-17(31-18)12-2-4-13(5-3-12)24(29)30/h2-10H,1H3,(H,29,30)(H2,25,26,27). The van der Waals surface area contributed by atoms with E-state index in [0.717, 1.165) is 16.3 Å². The van der Waals surface area contributed by atoms with E-state index in [-0.39, 0.29) is 11.0 Å². The molecule has 0 bridgehead atoms. The van der Waals surface area contributed by atoms with Crippen LogP contribution in [0.25, 0.3) is 55.7 Å². The molecule has 3 N–H and O–H groups in total. The summed E-state index contributed by atoms with van der Waals surface area (Å²) in [7, 11) is 0. The number of rotatable bonds is 3. The van der Waals surface area contributed by atoms with Crippen molar-refractivity contribution in [3.8, 4) is 22.6 Å². The quantitative estimate of drug-likeness (QED) is 0.363. The van der Waals surface area contributed by atoms with Crippen LogP contribution in [0.3, 0.4) is 0 Å². The highest BCUT2D eigenvalue weighted by Crippen LogP contribution is 2.40. The predicted molar refractivity (Wildman–Crippen MR) is 119 cm³/mol. The molecule has 0 aliphatic carbocycles. The molecular weight excluding hydrogens is 410 g/mol. The van der Waals surface area contributed by atoms with Crippen molar-refractivity contribution in [2.75, 3.05) is 0 Å². The maximum Gasteiger partial charge on any atom is 0.335 e. The second kappa shape index (κ2) is 6.45. The van der Waals surface area contributed by atoms with Gasteiger partial charge in [0.1, 0.15) is 22.6 Å². The molecule has 32 heavy (non-hydrogen) atoms. The minimum Gasteiger partial charge on any atom is -0.478 e. The first-order chi connectivity index (χ1) is 15.5. The Morgan fingerprint density at radius 1 is 0.938 bits per heavy atom. The molecule has 4 aromatic heterocycles. The van der Waals surface area contributed by atoms with E-state index in [1.165, 1.54) is 18.2 Å². The van der Waals surface area contributed by atoms with Crippen LogP contribution in [-0.4, -0.2) is 26.3 Å². The Labute approximate surface area is 179 Å². The molecule has 0 radical (unpaired) electrons. The van der Waals surface area contributed by atoms with E-state index >= 15 is 0 Å². The van der Waals surface area contributed by atoms with Crippen molar-refractivity contribution in [3.05, 3.63) is 76.1 Å². The Bertz CT molecular complexity index is 1730. The van der Waals surface area contributed by atoms with Crippen LogP contribution >= 0.6 is 0 Å². The van der Waals surface area contributed by atoms with Crippen molar-refractivity contribution in [1.82, 2.24) is 15.2 Å². The van der Waals surface area contributed by atoms with Gasteiger partial charge in [0.2, 0.25) is 0 Å². The van der Waals surface area contributed by atoms with Gasteiger partial charge in [0.05, 0.1) is 16.5 Å². The fourth-order valence-electron chi connectivity index (χ4n) is 4.02. The largest absolute Gasteiger partial charge is 0.478 e. The van der Waals surface area contributed by atoms with Crippen LogP contribution in [0.4, 0.5) is 0 Å². The number of nitrogens with one attached hydrogen (secondary N) is 2. The Balaban J connectivity index is 1.60. The first-order valence-electron chi connectivity index (χ1n) is 9.87. The van der Waals surface area contributed by atoms with E-state index in [0.29, 0.717) is 45.0 Å². The number of benzene rings is 2. The molecule has 0 aliphatic rings. The topological polar surface area (TPSA) is 125 Å². The number of pyridine rings is 1. The molecule has 0 aliphatic heterocycles. The molecule has 6 rings (SSSR count). The zero-order valence-corrected chi connectivity index (χ0v) is 16.7. The molecule has 0 amide bonds. The monoisotopic (exact) mass is 425 g/mol. The average molecular weight is 425 g/mol. The number of aromatic nitrogens is 3. The van der Waals surface area contributed by atoms with E-state index in [9.17, 15) is 9.59 Å². The van der Waals surface area contributed by atoms with E-state index < -0.39 is 5.97 Å². The van der Waals surface area contributed by atoms with Gasteiger partial charge in [-0.05, 0) is 43.3 Å². The summed E-state index contributed by atoms with van der Waals surface area (Å²) < 4.78 is 12.3. The third-order valence-electron chi connectivity index (χ3n) is 5.68. The number of aryl methyl sites for hydroxylation is 1. The van der Waals surface area contributed by atoms with Crippen molar-refractivity contribution in [1.29, 1.82) is 0 Å². The smallest absolute Gasteiger partial charge is 0.335 e. The summed E-state index contributed by atoms with van der Waals surface area (Å²) in [6.45, 7) is 1.73. The number of hydrogen-bond acceptors (Lipinski definition) is 5. The average Bonchev–Trinajstić information content (AvgIpc) is 3.53. The lowest BCUT2D eigenvalue weighted by Gasteiger charge is -2.02. The van der Waals surface area contributed by atoms with E-state index in [2.05, 4.69) is 10.2 Å². The molecular formula is C24H15N3O5. The highest BCUT2D eigenvalue weighted by Gasteiger charge is 2.22. The molecule has 8 heteroatoms. The Kier molecular flexibility index (Phi) is 3.67. The number of furan rings is 2. The lowest BCUT2D eigenvalue weighted by Crippen LogP contribution is -2.01. The zero-order valence-electron chi connectivity index (χ0n) is 16.7. The van der Waals surface area contributed by atoms with Crippen LogP contribution in [-0.2, 0) is 0 Å². The molecule has 0 unspecified atom stereocenters. The van der Waals surface area contributed by atoms with E-state index in [1.54, 1.807) is 31.3 Å². The van der Waals surface area contributed by atoms with Gasteiger partial charge in [-0.3, -0.25) is 9.89 Å². The summed E-state index contributed by atoms with van der Waals surface area (Å²) in [6.07, 6.45) is 1.78. The number of carbonyl (C=O) groups is 1. The van der Waals surface area contributed by atoms with Gasteiger partial charge in [0, 0.05) is 22.7 Å². The normalized spacial score (nSPS) is 11.7. The number of nitrogens with zero attached hydrogens (tertiary/aromatic N) is 1. The van der Waals surface area contributed by atoms with Gasteiger partial charge < -0.3 is 19.0 Å². The number of carboxylic acid groups (broad SMARTS) is 1. The Morgan fingerprint density at radius 2 is 1.72 bits per heavy atom. The summed E-state index contributed by atoms with van der Waals surface area (Å²) in [6, 6.07) is 13.4. The molecule has 4 heterocycles. The number of H-pyrrole nitrogens is 2. The number of hydrogen-bond donors (Lipinski definition) is 3. The minimum atomic E-state index is -0.983. The van der Waals surface area contributed by atoms with Crippen LogP contribution in [0.15, 0.2) is 68.4 Å². The highest BCUT2D eigenvalue weighted by molar-refractivity contribution is 6.14. The number of fused-ring (bicyclic) bond motifs is 4. The zero-order chi connectivity index (χ0) is 22.0. The molecule has 0 fully saturated rings. The predicted octanol–water partition coefficient (Wildman–Crippen LogP) is 5.08. The van der Waals surface area contributed by atoms with Gasteiger partial charge >= 0.3 is 5.97 Å². The van der Waals surface area contributed by atoms with Crippen LogP contribution in [0.1, 0.15) is 15.9 Å². The maximum absolute atomic E-state index is 12.1. The van der Waals surface area contributed by atoms with Crippen molar-refractivity contribution in [2.24, 2.45) is 0 Å². The summed E-state index contributed by atoms with van der Waals surface area (Å²) >= 11 is 0. The van der Waals surface area contributed by atoms with Crippen molar-refractivity contribution in [3.63, 3.8) is 0 Å². The summed E-state index contributed by atoms with van der Waals surface area (Å²) in [5.41, 5.74) is 4.39. The van der Waals surface area contributed by atoms with Crippen molar-refractivity contribution < 1.29 is 18.7 Å². The Hall–Kier alpha value is -4.59. The summed E-state index contributed by atoms with van der Waals surface area (Å²) in [5.74, 6) is 0.166.